The Morgan fingerprint density at radius 3 is 2.61 bits per heavy atom. The molecule has 11 nitrogen and oxygen atoms in total. The van der Waals surface area contributed by atoms with Crippen LogP contribution < -0.4 is 4.74 Å². The largest absolute Gasteiger partial charge is 0.497 e. The highest BCUT2D eigenvalue weighted by Gasteiger charge is 2.22. The molecule has 0 unspecified atom stereocenters. The minimum atomic E-state index is -0.433. The lowest BCUT2D eigenvalue weighted by atomic mass is 10.3. The van der Waals surface area contributed by atoms with E-state index in [1.807, 2.05) is 30.3 Å². The van der Waals surface area contributed by atoms with Gasteiger partial charge in [0, 0.05) is 18.0 Å². The molecular formula is C20H16N8O3. The third-order valence-electron chi connectivity index (χ3n) is 4.71. The third kappa shape index (κ3) is 3.21. The van der Waals surface area contributed by atoms with Gasteiger partial charge in [-0.15, -0.1) is 15.3 Å². The van der Waals surface area contributed by atoms with Crippen molar-refractivity contribution in [2.75, 3.05) is 14.2 Å². The van der Waals surface area contributed by atoms with Gasteiger partial charge in [-0.2, -0.15) is 14.6 Å². The van der Waals surface area contributed by atoms with Crippen molar-refractivity contribution in [1.29, 1.82) is 0 Å². The van der Waals surface area contributed by atoms with E-state index in [2.05, 4.69) is 30.4 Å². The number of ether oxygens (including phenoxy) is 2. The highest BCUT2D eigenvalue weighted by molar-refractivity contribution is 5.82. The van der Waals surface area contributed by atoms with Gasteiger partial charge in [0.2, 0.25) is 0 Å². The van der Waals surface area contributed by atoms with Crippen LogP contribution in [0.25, 0.3) is 34.0 Å². The third-order valence-corrected chi connectivity index (χ3v) is 4.71. The minimum absolute atomic E-state index is 0.0551. The van der Waals surface area contributed by atoms with Crippen molar-refractivity contribution in [3.63, 3.8) is 0 Å². The predicted molar refractivity (Wildman–Crippen MR) is 109 cm³/mol. The molecule has 5 rings (SSSR count). The number of nitrogens with zero attached hydrogens (tertiary/aromatic N) is 8. The normalized spacial score (nSPS) is 11.2. The number of fused-ring (bicyclic) bond motifs is 3. The molecule has 0 aliphatic carbocycles. The molecular weight excluding hydrogens is 400 g/mol. The van der Waals surface area contributed by atoms with Crippen LogP contribution in [-0.2, 0) is 16.0 Å². The molecule has 4 aromatic heterocycles. The van der Waals surface area contributed by atoms with Crippen LogP contribution >= 0.6 is 0 Å². The first-order chi connectivity index (χ1) is 15.2. The van der Waals surface area contributed by atoms with Gasteiger partial charge in [0.05, 0.1) is 26.3 Å². The van der Waals surface area contributed by atoms with Gasteiger partial charge in [0.1, 0.15) is 11.4 Å². The van der Waals surface area contributed by atoms with Crippen molar-refractivity contribution in [3.05, 3.63) is 54.5 Å². The summed E-state index contributed by atoms with van der Waals surface area (Å²) in [5, 5.41) is 17.7. The van der Waals surface area contributed by atoms with E-state index in [0.717, 1.165) is 11.3 Å². The SMILES string of the molecule is COC(=O)Cc1nn(-c2ccc(OC)cc2)c2c1nnc1nc(-c3cccnc3)nn12. The van der Waals surface area contributed by atoms with Crippen LogP contribution in [0.4, 0.5) is 0 Å². The fourth-order valence-corrected chi connectivity index (χ4v) is 3.19. The van der Waals surface area contributed by atoms with E-state index in [0.29, 0.717) is 34.2 Å². The standard InChI is InChI=1S/C20H16N8O3/c1-30-14-7-5-13(6-8-14)27-19-17(15(25-27)10-16(29)31-2)23-24-20-22-18(26-28(19)20)12-4-3-9-21-11-12/h3-9,11H,10H2,1-2H3. The Kier molecular flexibility index (Phi) is 4.47. The zero-order valence-electron chi connectivity index (χ0n) is 16.6. The van der Waals surface area contributed by atoms with Crippen LogP contribution in [0.5, 0.6) is 5.75 Å². The van der Waals surface area contributed by atoms with Gasteiger partial charge < -0.3 is 9.47 Å². The van der Waals surface area contributed by atoms with E-state index in [4.69, 9.17) is 9.47 Å². The van der Waals surface area contributed by atoms with Crippen LogP contribution in [0.1, 0.15) is 5.69 Å². The van der Waals surface area contributed by atoms with Crippen LogP contribution in [0.15, 0.2) is 48.8 Å². The summed E-state index contributed by atoms with van der Waals surface area (Å²) in [6, 6.07) is 11.0. The first kappa shape index (κ1) is 18.6. The predicted octanol–water partition coefficient (Wildman–Crippen LogP) is 1.64. The molecule has 11 heteroatoms. The van der Waals surface area contributed by atoms with Gasteiger partial charge in [-0.05, 0) is 36.4 Å². The number of carbonyl (C=O) groups excluding carboxylic acids is 1. The maximum Gasteiger partial charge on any atom is 0.311 e. The van der Waals surface area contributed by atoms with Gasteiger partial charge in [0.25, 0.3) is 5.78 Å². The molecule has 0 N–H and O–H groups in total. The number of hydrogen-bond acceptors (Lipinski definition) is 9. The Balaban J connectivity index is 1.76. The molecule has 0 saturated carbocycles. The molecule has 0 aliphatic rings. The van der Waals surface area contributed by atoms with Crippen molar-refractivity contribution in [2.45, 2.75) is 6.42 Å². The number of hydrogen-bond donors (Lipinski definition) is 0. The molecule has 0 radical (unpaired) electrons. The van der Waals surface area contributed by atoms with Crippen molar-refractivity contribution >= 4 is 22.9 Å². The summed E-state index contributed by atoms with van der Waals surface area (Å²) in [6.07, 6.45) is 3.29. The molecule has 0 fully saturated rings. The second kappa shape index (κ2) is 7.44. The molecule has 0 saturated heterocycles. The van der Waals surface area contributed by atoms with Crippen LogP contribution in [0.2, 0.25) is 0 Å². The summed E-state index contributed by atoms with van der Waals surface area (Å²) in [7, 11) is 2.92. The van der Waals surface area contributed by atoms with E-state index in [-0.39, 0.29) is 6.42 Å². The number of carbonyl (C=O) groups is 1. The molecule has 0 bridgehead atoms. The fourth-order valence-electron chi connectivity index (χ4n) is 3.19. The first-order valence-electron chi connectivity index (χ1n) is 9.30. The Morgan fingerprint density at radius 2 is 1.90 bits per heavy atom. The van der Waals surface area contributed by atoms with Crippen LogP contribution in [0, 0.1) is 0 Å². The average molecular weight is 416 g/mol. The molecule has 154 valence electrons. The summed E-state index contributed by atoms with van der Waals surface area (Å²) in [4.78, 5) is 20.5. The molecule has 4 heterocycles. The minimum Gasteiger partial charge on any atom is -0.497 e. The number of benzene rings is 1. The van der Waals surface area contributed by atoms with Gasteiger partial charge in [-0.25, -0.2) is 4.68 Å². The van der Waals surface area contributed by atoms with Crippen LogP contribution in [-0.4, -0.2) is 59.7 Å². The Labute approximate surface area is 175 Å². The van der Waals surface area contributed by atoms with E-state index < -0.39 is 5.97 Å². The summed E-state index contributed by atoms with van der Waals surface area (Å²) in [5.74, 6) is 1.02. The fraction of sp³-hybridized carbons (Fsp3) is 0.150. The number of pyridine rings is 1. The Bertz CT molecular complexity index is 1390. The van der Waals surface area contributed by atoms with Gasteiger partial charge in [-0.1, -0.05) is 0 Å². The second-order valence-electron chi connectivity index (χ2n) is 6.57. The quantitative estimate of drug-likeness (QED) is 0.393. The van der Waals surface area contributed by atoms with Crippen LogP contribution in [0.3, 0.4) is 0 Å². The number of esters is 1. The lowest BCUT2D eigenvalue weighted by molar-refractivity contribution is -0.139. The average Bonchev–Trinajstić information content (AvgIpc) is 3.41. The maximum absolute atomic E-state index is 11.9. The van der Waals surface area contributed by atoms with Gasteiger partial charge in [0.15, 0.2) is 17.0 Å². The van der Waals surface area contributed by atoms with Gasteiger partial charge >= 0.3 is 5.97 Å². The summed E-state index contributed by atoms with van der Waals surface area (Å²) in [6.45, 7) is 0. The lowest BCUT2D eigenvalue weighted by Gasteiger charge is -2.05. The first-order valence-corrected chi connectivity index (χ1v) is 9.30. The Hall–Kier alpha value is -4.41. The zero-order valence-corrected chi connectivity index (χ0v) is 16.6. The molecule has 0 amide bonds. The molecule has 0 aliphatic heterocycles. The van der Waals surface area contributed by atoms with Crippen molar-refractivity contribution in [3.8, 4) is 22.8 Å². The maximum atomic E-state index is 11.9. The van der Waals surface area contributed by atoms with Crippen molar-refractivity contribution < 1.29 is 14.3 Å². The highest BCUT2D eigenvalue weighted by Crippen LogP contribution is 2.24. The molecule has 0 atom stereocenters. The van der Waals surface area contributed by atoms with Gasteiger partial charge in [-0.3, -0.25) is 9.78 Å². The van der Waals surface area contributed by atoms with E-state index in [1.165, 1.54) is 7.11 Å². The summed E-state index contributed by atoms with van der Waals surface area (Å²) >= 11 is 0. The smallest absolute Gasteiger partial charge is 0.311 e. The number of methoxy groups -OCH3 is 2. The molecule has 0 spiro atoms. The van der Waals surface area contributed by atoms with Crippen molar-refractivity contribution in [1.82, 2.24) is 39.6 Å². The number of rotatable bonds is 5. The molecule has 31 heavy (non-hydrogen) atoms. The number of aromatic nitrogens is 8. The topological polar surface area (TPSA) is 122 Å². The Morgan fingerprint density at radius 1 is 1.06 bits per heavy atom. The van der Waals surface area contributed by atoms with E-state index in [9.17, 15) is 4.79 Å². The van der Waals surface area contributed by atoms with Crippen molar-refractivity contribution in [2.24, 2.45) is 0 Å². The molecule has 1 aromatic carbocycles. The molecule has 5 aromatic rings. The van der Waals surface area contributed by atoms with E-state index >= 15 is 0 Å². The van der Waals surface area contributed by atoms with E-state index in [1.54, 1.807) is 34.8 Å². The lowest BCUT2D eigenvalue weighted by Crippen LogP contribution is -2.06. The summed E-state index contributed by atoms with van der Waals surface area (Å²) in [5.41, 5.74) is 2.85. The summed E-state index contributed by atoms with van der Waals surface area (Å²) < 4.78 is 13.3. The monoisotopic (exact) mass is 416 g/mol. The highest BCUT2D eigenvalue weighted by atomic mass is 16.5. The second-order valence-corrected chi connectivity index (χ2v) is 6.57. The zero-order chi connectivity index (χ0) is 21.4.